The number of likely N-dealkylation sites (tertiary alicyclic amines) is 1. The molecular formula is C22H28N6O. The Morgan fingerprint density at radius 2 is 1.97 bits per heavy atom. The number of pyridine rings is 1. The maximum absolute atomic E-state index is 6.39. The Hall–Kier alpha value is -2.67. The van der Waals surface area contributed by atoms with Crippen molar-refractivity contribution in [1.29, 1.82) is 0 Å². The molecule has 4 heterocycles. The molecule has 0 bridgehead atoms. The standard InChI is InChI=1S/C22H28N6O/c1-16-11-25-28(12-16)19-9-17-13-27(15-21-23-7-8-26(21)2)14-18(17)10-20(19)29-22-5-3-4-6-24-22/h3-8,11-12,17-20H,9-10,13-15H2,1-2H3/t17-,18+,19-,20-/m0/s1. The summed E-state index contributed by atoms with van der Waals surface area (Å²) < 4.78 is 10.6. The van der Waals surface area contributed by atoms with Crippen molar-refractivity contribution in [3.8, 4) is 5.88 Å². The molecular weight excluding hydrogens is 364 g/mol. The average molecular weight is 393 g/mol. The molecule has 1 aliphatic carbocycles. The van der Waals surface area contributed by atoms with Gasteiger partial charge in [-0.2, -0.15) is 5.10 Å². The van der Waals surface area contributed by atoms with Crippen molar-refractivity contribution in [1.82, 2.24) is 29.2 Å². The van der Waals surface area contributed by atoms with Crippen LogP contribution in [0.2, 0.25) is 0 Å². The van der Waals surface area contributed by atoms with Gasteiger partial charge in [-0.25, -0.2) is 9.97 Å². The van der Waals surface area contributed by atoms with Crippen LogP contribution in [0.15, 0.2) is 49.2 Å². The van der Waals surface area contributed by atoms with Gasteiger partial charge in [-0.3, -0.25) is 9.58 Å². The third-order valence-corrected chi connectivity index (χ3v) is 6.43. The lowest BCUT2D eigenvalue weighted by Crippen LogP contribution is -2.40. The van der Waals surface area contributed by atoms with Gasteiger partial charge in [0.1, 0.15) is 11.9 Å². The predicted octanol–water partition coefficient (Wildman–Crippen LogP) is 2.85. The van der Waals surface area contributed by atoms with E-state index in [0.717, 1.165) is 38.3 Å². The Morgan fingerprint density at radius 3 is 2.66 bits per heavy atom. The van der Waals surface area contributed by atoms with Gasteiger partial charge in [-0.1, -0.05) is 6.07 Å². The summed E-state index contributed by atoms with van der Waals surface area (Å²) in [7, 11) is 2.07. The van der Waals surface area contributed by atoms with E-state index in [1.54, 1.807) is 6.20 Å². The molecule has 0 radical (unpaired) electrons. The molecule has 2 aliphatic rings. The molecule has 152 valence electrons. The van der Waals surface area contributed by atoms with Gasteiger partial charge in [0.2, 0.25) is 5.88 Å². The number of hydrogen-bond acceptors (Lipinski definition) is 5. The van der Waals surface area contributed by atoms with Crippen LogP contribution in [0.1, 0.15) is 30.3 Å². The normalized spacial score (nSPS) is 27.1. The molecule has 1 aliphatic heterocycles. The van der Waals surface area contributed by atoms with Gasteiger partial charge < -0.3 is 9.30 Å². The minimum absolute atomic E-state index is 0.0820. The highest BCUT2D eigenvalue weighted by atomic mass is 16.5. The van der Waals surface area contributed by atoms with Crippen molar-refractivity contribution in [2.45, 2.75) is 38.5 Å². The van der Waals surface area contributed by atoms with Crippen LogP contribution in [0, 0.1) is 18.8 Å². The largest absolute Gasteiger partial charge is 0.472 e. The maximum atomic E-state index is 6.39. The molecule has 0 aromatic carbocycles. The lowest BCUT2D eigenvalue weighted by atomic mass is 9.77. The summed E-state index contributed by atoms with van der Waals surface area (Å²) in [6.07, 6.45) is 12.0. The number of rotatable bonds is 5. The Balaban J connectivity index is 1.35. The Morgan fingerprint density at radius 1 is 1.10 bits per heavy atom. The van der Waals surface area contributed by atoms with E-state index in [0.29, 0.717) is 17.7 Å². The summed E-state index contributed by atoms with van der Waals surface area (Å²) in [5.41, 5.74) is 1.19. The Labute approximate surface area is 171 Å². The summed E-state index contributed by atoms with van der Waals surface area (Å²) in [5.74, 6) is 3.13. The molecule has 29 heavy (non-hydrogen) atoms. The molecule has 4 atom stereocenters. The second-order valence-electron chi connectivity index (χ2n) is 8.53. The lowest BCUT2D eigenvalue weighted by Gasteiger charge is -2.37. The molecule has 1 saturated carbocycles. The maximum Gasteiger partial charge on any atom is 0.213 e. The van der Waals surface area contributed by atoms with E-state index in [9.17, 15) is 0 Å². The zero-order valence-corrected chi connectivity index (χ0v) is 17.1. The van der Waals surface area contributed by atoms with Crippen molar-refractivity contribution in [3.05, 3.63) is 60.6 Å². The number of hydrogen-bond donors (Lipinski definition) is 0. The molecule has 3 aromatic rings. The minimum atomic E-state index is 0.0820. The second kappa shape index (κ2) is 7.63. The SMILES string of the molecule is Cc1cnn([C@H]2C[C@H]3CN(Cc4nccn4C)C[C@H]3C[C@@H]2Oc2ccccn2)c1. The van der Waals surface area contributed by atoms with Crippen molar-refractivity contribution < 1.29 is 4.74 Å². The van der Waals surface area contributed by atoms with Crippen molar-refractivity contribution >= 4 is 0 Å². The molecule has 0 N–H and O–H groups in total. The molecule has 0 amide bonds. The van der Waals surface area contributed by atoms with E-state index in [4.69, 9.17) is 4.74 Å². The highest BCUT2D eigenvalue weighted by molar-refractivity contribution is 5.11. The summed E-state index contributed by atoms with van der Waals surface area (Å²) in [6, 6.07) is 6.08. The fourth-order valence-electron chi connectivity index (χ4n) is 4.96. The molecule has 0 spiro atoms. The fourth-order valence-corrected chi connectivity index (χ4v) is 4.96. The number of imidazole rings is 1. The summed E-state index contributed by atoms with van der Waals surface area (Å²) in [4.78, 5) is 11.4. The van der Waals surface area contributed by atoms with Gasteiger partial charge in [0.15, 0.2) is 0 Å². The fraction of sp³-hybridized carbons (Fsp3) is 0.500. The van der Waals surface area contributed by atoms with Gasteiger partial charge in [-0.15, -0.1) is 0 Å². The van der Waals surface area contributed by atoms with E-state index in [1.165, 1.54) is 5.56 Å². The first-order valence-corrected chi connectivity index (χ1v) is 10.4. The molecule has 0 unspecified atom stereocenters. The van der Waals surface area contributed by atoms with Gasteiger partial charge >= 0.3 is 0 Å². The molecule has 7 heteroatoms. The van der Waals surface area contributed by atoms with Crippen molar-refractivity contribution in [3.63, 3.8) is 0 Å². The predicted molar refractivity (Wildman–Crippen MR) is 109 cm³/mol. The van der Waals surface area contributed by atoms with Gasteiger partial charge in [0.05, 0.1) is 18.8 Å². The van der Waals surface area contributed by atoms with Crippen LogP contribution in [-0.2, 0) is 13.6 Å². The highest BCUT2D eigenvalue weighted by Crippen LogP contribution is 2.42. The molecule has 1 saturated heterocycles. The van der Waals surface area contributed by atoms with Gasteiger partial charge in [-0.05, 0) is 43.2 Å². The smallest absolute Gasteiger partial charge is 0.213 e. The van der Waals surface area contributed by atoms with Crippen LogP contribution in [0.4, 0.5) is 0 Å². The van der Waals surface area contributed by atoms with Crippen LogP contribution < -0.4 is 4.74 Å². The van der Waals surface area contributed by atoms with Gasteiger partial charge in [0.25, 0.3) is 0 Å². The molecule has 2 fully saturated rings. The molecule has 3 aromatic heterocycles. The first kappa shape index (κ1) is 18.4. The Bertz CT molecular complexity index is 951. The van der Waals surface area contributed by atoms with Gasteiger partial charge in [0, 0.05) is 51.0 Å². The van der Waals surface area contributed by atoms with E-state index in [1.807, 2.05) is 36.8 Å². The quantitative estimate of drug-likeness (QED) is 0.668. The van der Waals surface area contributed by atoms with E-state index < -0.39 is 0 Å². The third kappa shape index (κ3) is 3.79. The second-order valence-corrected chi connectivity index (χ2v) is 8.53. The number of fused-ring (bicyclic) bond motifs is 1. The summed E-state index contributed by atoms with van der Waals surface area (Å²) in [6.45, 7) is 5.22. The number of ether oxygens (including phenoxy) is 1. The Kier molecular flexibility index (Phi) is 4.83. The summed E-state index contributed by atoms with van der Waals surface area (Å²) >= 11 is 0. The minimum Gasteiger partial charge on any atom is -0.472 e. The van der Waals surface area contributed by atoms with Crippen LogP contribution in [0.3, 0.4) is 0 Å². The monoisotopic (exact) mass is 392 g/mol. The molecule has 5 rings (SSSR count). The van der Waals surface area contributed by atoms with Crippen molar-refractivity contribution in [2.75, 3.05) is 13.1 Å². The average Bonchev–Trinajstić information content (AvgIpc) is 3.42. The number of aromatic nitrogens is 5. The summed E-state index contributed by atoms with van der Waals surface area (Å²) in [5, 5.41) is 4.63. The molecule has 7 nitrogen and oxygen atoms in total. The first-order chi connectivity index (χ1) is 14.2. The lowest BCUT2D eigenvalue weighted by molar-refractivity contribution is 0.0459. The number of nitrogens with zero attached hydrogens (tertiary/aromatic N) is 6. The highest BCUT2D eigenvalue weighted by Gasteiger charge is 2.44. The third-order valence-electron chi connectivity index (χ3n) is 6.43. The number of aryl methyl sites for hydroxylation is 2. The van der Waals surface area contributed by atoms with E-state index >= 15 is 0 Å². The first-order valence-electron chi connectivity index (χ1n) is 10.4. The zero-order chi connectivity index (χ0) is 19.8. The topological polar surface area (TPSA) is 61.0 Å². The van der Waals surface area contributed by atoms with Crippen LogP contribution >= 0.6 is 0 Å². The van der Waals surface area contributed by atoms with Crippen LogP contribution in [0.5, 0.6) is 5.88 Å². The van der Waals surface area contributed by atoms with E-state index in [2.05, 4.69) is 49.4 Å². The van der Waals surface area contributed by atoms with Crippen LogP contribution in [0.25, 0.3) is 0 Å². The zero-order valence-electron chi connectivity index (χ0n) is 17.1. The van der Waals surface area contributed by atoms with E-state index in [-0.39, 0.29) is 12.1 Å². The van der Waals surface area contributed by atoms with Crippen molar-refractivity contribution in [2.24, 2.45) is 18.9 Å². The van der Waals surface area contributed by atoms with Crippen LogP contribution in [-0.4, -0.2) is 48.4 Å².